The lowest BCUT2D eigenvalue weighted by molar-refractivity contribution is -0.140. The number of benzene rings is 1. The lowest BCUT2D eigenvalue weighted by atomic mass is 9.96. The summed E-state index contributed by atoms with van der Waals surface area (Å²) in [5, 5.41) is 13.1. The fraction of sp³-hybridized carbons (Fsp3) is 0.391. The third-order valence-electron chi connectivity index (χ3n) is 5.16. The van der Waals surface area contributed by atoms with Gasteiger partial charge < -0.3 is 19.5 Å². The van der Waals surface area contributed by atoms with E-state index in [1.807, 2.05) is 39.1 Å². The monoisotopic (exact) mass is 429 g/mol. The van der Waals surface area contributed by atoms with Crippen LogP contribution in [0.15, 0.2) is 35.2 Å². The molecular formula is C23H27NO5S. The van der Waals surface area contributed by atoms with E-state index in [-0.39, 0.29) is 24.0 Å². The standard InChI is InChI=1S/C23H27NO5S/c1-13(2)29-10-9-24-19(22-14(3)8-11-30-22)18(21(26)23(24)27)20(25)17-7-6-16(28-5)12-15(17)4/h6-8,11-13,19,25H,9-10H2,1-5H3/b20-18+. The Morgan fingerprint density at radius 1 is 1.20 bits per heavy atom. The number of amides is 1. The van der Waals surface area contributed by atoms with Gasteiger partial charge in [-0.05, 0) is 68.5 Å². The molecule has 1 aliphatic heterocycles. The van der Waals surface area contributed by atoms with Crippen LogP contribution in [-0.4, -0.2) is 48.1 Å². The van der Waals surface area contributed by atoms with Gasteiger partial charge in [-0.2, -0.15) is 0 Å². The van der Waals surface area contributed by atoms with E-state index in [4.69, 9.17) is 9.47 Å². The van der Waals surface area contributed by atoms with Gasteiger partial charge in [-0.25, -0.2) is 0 Å². The average Bonchev–Trinajstić information content (AvgIpc) is 3.22. The number of hydrogen-bond donors (Lipinski definition) is 1. The highest BCUT2D eigenvalue weighted by Gasteiger charge is 2.47. The van der Waals surface area contributed by atoms with Gasteiger partial charge in [0.1, 0.15) is 11.5 Å². The Morgan fingerprint density at radius 3 is 2.50 bits per heavy atom. The maximum absolute atomic E-state index is 13.0. The summed E-state index contributed by atoms with van der Waals surface area (Å²) in [6.07, 6.45) is 0.0192. The van der Waals surface area contributed by atoms with E-state index in [1.165, 1.54) is 16.2 Å². The molecule has 160 valence electrons. The Hall–Kier alpha value is -2.64. The largest absolute Gasteiger partial charge is 0.507 e. The van der Waals surface area contributed by atoms with E-state index in [9.17, 15) is 14.7 Å². The Balaban J connectivity index is 2.11. The quantitative estimate of drug-likeness (QED) is 0.405. The summed E-state index contributed by atoms with van der Waals surface area (Å²) in [7, 11) is 1.57. The van der Waals surface area contributed by atoms with E-state index < -0.39 is 17.7 Å². The van der Waals surface area contributed by atoms with Gasteiger partial charge >= 0.3 is 0 Å². The number of ether oxygens (including phenoxy) is 2. The number of aliphatic hydroxyl groups is 1. The lowest BCUT2D eigenvalue weighted by Crippen LogP contribution is -2.33. The topological polar surface area (TPSA) is 76.1 Å². The number of rotatable bonds is 7. The second-order valence-electron chi connectivity index (χ2n) is 7.56. The Bertz CT molecular complexity index is 991. The molecule has 1 aromatic carbocycles. The van der Waals surface area contributed by atoms with Crippen molar-refractivity contribution in [3.05, 3.63) is 56.8 Å². The van der Waals surface area contributed by atoms with Gasteiger partial charge in [-0.1, -0.05) is 0 Å². The molecule has 1 unspecified atom stereocenters. The number of likely N-dealkylation sites (tertiary alicyclic amines) is 1. The number of carbonyl (C=O) groups is 2. The third kappa shape index (κ3) is 4.13. The smallest absolute Gasteiger partial charge is 0.295 e. The van der Waals surface area contributed by atoms with Crippen LogP contribution in [0.4, 0.5) is 0 Å². The molecule has 1 amide bonds. The number of carbonyl (C=O) groups excluding carboxylic acids is 2. The highest BCUT2D eigenvalue weighted by molar-refractivity contribution is 7.10. The molecule has 2 aromatic rings. The van der Waals surface area contributed by atoms with Crippen molar-refractivity contribution in [1.29, 1.82) is 0 Å². The zero-order valence-electron chi connectivity index (χ0n) is 17.9. The minimum absolute atomic E-state index is 0.0192. The molecule has 1 aromatic heterocycles. The summed E-state index contributed by atoms with van der Waals surface area (Å²) in [4.78, 5) is 28.3. The number of thiophene rings is 1. The van der Waals surface area contributed by atoms with E-state index >= 15 is 0 Å². The van der Waals surface area contributed by atoms with E-state index in [2.05, 4.69) is 0 Å². The van der Waals surface area contributed by atoms with Crippen molar-refractivity contribution >= 4 is 28.8 Å². The minimum Gasteiger partial charge on any atom is -0.507 e. The SMILES string of the molecule is COc1ccc(/C(O)=C2\C(=O)C(=O)N(CCOC(C)C)C2c2sccc2C)c(C)c1. The Morgan fingerprint density at radius 2 is 1.93 bits per heavy atom. The van der Waals surface area contributed by atoms with Crippen molar-refractivity contribution < 1.29 is 24.2 Å². The zero-order valence-corrected chi connectivity index (χ0v) is 18.7. The summed E-state index contributed by atoms with van der Waals surface area (Å²) >= 11 is 1.47. The van der Waals surface area contributed by atoms with Crippen LogP contribution in [0.5, 0.6) is 5.75 Å². The normalized spacial score (nSPS) is 18.5. The summed E-state index contributed by atoms with van der Waals surface area (Å²) in [5.74, 6) is -0.808. The molecule has 1 saturated heterocycles. The second-order valence-corrected chi connectivity index (χ2v) is 8.51. The third-order valence-corrected chi connectivity index (χ3v) is 6.23. The van der Waals surface area contributed by atoms with Gasteiger partial charge in [-0.3, -0.25) is 9.59 Å². The Labute approximate surface area is 180 Å². The zero-order chi connectivity index (χ0) is 22.0. The van der Waals surface area contributed by atoms with Crippen LogP contribution in [0, 0.1) is 13.8 Å². The molecule has 30 heavy (non-hydrogen) atoms. The number of hydrogen-bond acceptors (Lipinski definition) is 6. The number of aryl methyl sites for hydroxylation is 2. The molecular weight excluding hydrogens is 402 g/mol. The van der Waals surface area contributed by atoms with Crippen molar-refractivity contribution in [3.63, 3.8) is 0 Å². The van der Waals surface area contributed by atoms with Crippen LogP contribution in [0.1, 0.15) is 41.5 Å². The summed E-state index contributed by atoms with van der Waals surface area (Å²) in [6, 6.07) is 6.52. The first kappa shape index (κ1) is 22.1. The fourth-order valence-electron chi connectivity index (χ4n) is 3.61. The molecule has 6 nitrogen and oxygen atoms in total. The van der Waals surface area contributed by atoms with Gasteiger partial charge in [0.25, 0.3) is 11.7 Å². The molecule has 1 fully saturated rings. The predicted molar refractivity (Wildman–Crippen MR) is 117 cm³/mol. The number of Topliss-reactive ketones (excluding diaryl/α,β-unsaturated/α-hetero) is 1. The molecule has 1 N–H and O–H groups in total. The van der Waals surface area contributed by atoms with Gasteiger partial charge in [0, 0.05) is 17.0 Å². The number of ketones is 1. The first-order valence-electron chi connectivity index (χ1n) is 9.85. The predicted octanol–water partition coefficient (Wildman–Crippen LogP) is 4.22. The summed E-state index contributed by atoms with van der Waals surface area (Å²) in [5.41, 5.74) is 2.34. The molecule has 0 aliphatic carbocycles. The molecule has 0 spiro atoms. The maximum atomic E-state index is 13.0. The molecule has 1 atom stereocenters. The van der Waals surface area contributed by atoms with Crippen LogP contribution < -0.4 is 4.74 Å². The molecule has 7 heteroatoms. The maximum Gasteiger partial charge on any atom is 0.295 e. The van der Waals surface area contributed by atoms with E-state index in [0.29, 0.717) is 17.9 Å². The fourth-order valence-corrected chi connectivity index (χ4v) is 4.66. The van der Waals surface area contributed by atoms with Crippen molar-refractivity contribution in [2.75, 3.05) is 20.3 Å². The van der Waals surface area contributed by atoms with Crippen LogP contribution in [0.3, 0.4) is 0 Å². The number of nitrogens with zero attached hydrogens (tertiary/aromatic N) is 1. The first-order chi connectivity index (χ1) is 14.3. The number of methoxy groups -OCH3 is 1. The lowest BCUT2D eigenvalue weighted by Gasteiger charge is -2.25. The number of aliphatic hydroxyl groups excluding tert-OH is 1. The summed E-state index contributed by atoms with van der Waals surface area (Å²) < 4.78 is 10.8. The van der Waals surface area contributed by atoms with E-state index in [1.54, 1.807) is 25.3 Å². The first-order valence-corrected chi connectivity index (χ1v) is 10.7. The van der Waals surface area contributed by atoms with Crippen LogP contribution in [0.25, 0.3) is 5.76 Å². The Kier molecular flexibility index (Phi) is 6.63. The van der Waals surface area contributed by atoms with Gasteiger partial charge in [0.15, 0.2) is 0 Å². The summed E-state index contributed by atoms with van der Waals surface area (Å²) in [6.45, 7) is 8.18. The van der Waals surface area contributed by atoms with Crippen LogP contribution in [0.2, 0.25) is 0 Å². The van der Waals surface area contributed by atoms with Crippen molar-refractivity contribution in [2.45, 2.75) is 39.8 Å². The van der Waals surface area contributed by atoms with Crippen LogP contribution >= 0.6 is 11.3 Å². The average molecular weight is 430 g/mol. The minimum atomic E-state index is -0.676. The van der Waals surface area contributed by atoms with E-state index in [0.717, 1.165) is 16.0 Å². The van der Waals surface area contributed by atoms with Crippen molar-refractivity contribution in [2.24, 2.45) is 0 Å². The molecule has 1 aliphatic rings. The van der Waals surface area contributed by atoms with Gasteiger partial charge in [-0.15, -0.1) is 11.3 Å². The van der Waals surface area contributed by atoms with Crippen molar-refractivity contribution in [3.8, 4) is 5.75 Å². The van der Waals surface area contributed by atoms with Crippen LogP contribution in [-0.2, 0) is 14.3 Å². The molecule has 3 rings (SSSR count). The second kappa shape index (κ2) is 9.02. The molecule has 0 radical (unpaired) electrons. The highest BCUT2D eigenvalue weighted by atomic mass is 32.1. The van der Waals surface area contributed by atoms with Gasteiger partial charge in [0.05, 0.1) is 31.4 Å². The van der Waals surface area contributed by atoms with Gasteiger partial charge in [0.2, 0.25) is 0 Å². The molecule has 2 heterocycles. The highest BCUT2D eigenvalue weighted by Crippen LogP contribution is 2.42. The molecule has 0 saturated carbocycles. The molecule has 0 bridgehead atoms. The van der Waals surface area contributed by atoms with Crippen molar-refractivity contribution in [1.82, 2.24) is 4.90 Å².